The van der Waals surface area contributed by atoms with Crippen LogP contribution in [0.4, 0.5) is 0 Å². The van der Waals surface area contributed by atoms with Crippen molar-refractivity contribution in [2.45, 2.75) is 44.7 Å². The van der Waals surface area contributed by atoms with Gasteiger partial charge in [0.25, 0.3) is 0 Å². The average molecular weight is 308 g/mol. The van der Waals surface area contributed by atoms with Crippen molar-refractivity contribution < 1.29 is 4.48 Å². The predicted molar refractivity (Wildman–Crippen MR) is 97.8 cm³/mol. The van der Waals surface area contributed by atoms with Crippen molar-refractivity contribution in [1.29, 1.82) is 0 Å². The lowest BCUT2D eigenvalue weighted by atomic mass is 10.1. The Bertz CT molecular complexity index is 351. The highest BCUT2D eigenvalue weighted by Gasteiger charge is 2.14. The van der Waals surface area contributed by atoms with Crippen molar-refractivity contribution in [2.24, 2.45) is 0 Å². The first kappa shape index (κ1) is 18.4. The van der Waals surface area contributed by atoms with Crippen LogP contribution in [-0.2, 0) is 6.54 Å². The lowest BCUT2D eigenvalue weighted by Gasteiger charge is -2.30. The predicted octanol–water partition coefficient (Wildman–Crippen LogP) is 2.59. The number of hydrogen-bond donors (Lipinski definition) is 1. The zero-order valence-corrected chi connectivity index (χ0v) is 16.4. The number of likely N-dealkylation sites (N-methyl/N-ethyl adjacent to an activating group) is 1. The van der Waals surface area contributed by atoms with Gasteiger partial charge >= 0.3 is 0 Å². The summed E-state index contributed by atoms with van der Waals surface area (Å²) >= 11 is 0. The van der Waals surface area contributed by atoms with E-state index in [1.54, 1.807) is 0 Å². The van der Waals surface area contributed by atoms with Gasteiger partial charge in [-0.1, -0.05) is 62.1 Å². The molecule has 1 N–H and O–H groups in total. The molecule has 0 fully saturated rings. The molecule has 1 aromatic carbocycles. The van der Waals surface area contributed by atoms with Crippen LogP contribution in [0.2, 0.25) is 6.04 Å². The van der Waals surface area contributed by atoms with Gasteiger partial charge in [-0.15, -0.1) is 0 Å². The van der Waals surface area contributed by atoms with Crippen LogP contribution in [0.5, 0.6) is 0 Å². The Labute approximate surface area is 135 Å². The lowest BCUT2D eigenvalue weighted by molar-refractivity contribution is -0.902. The maximum absolute atomic E-state index is 3.61. The van der Waals surface area contributed by atoms with Gasteiger partial charge in [0.1, 0.15) is 6.54 Å². The maximum atomic E-state index is 3.61. The van der Waals surface area contributed by atoms with Crippen molar-refractivity contribution in [1.82, 2.24) is 5.32 Å². The zero-order chi connectivity index (χ0) is 15.4. The quantitative estimate of drug-likeness (QED) is 0.355. The minimum absolute atomic E-state index is 1.05. The van der Waals surface area contributed by atoms with E-state index in [2.05, 4.69) is 49.7 Å². The van der Waals surface area contributed by atoms with Crippen LogP contribution < -0.4 is 5.32 Å². The molecule has 0 aromatic heterocycles. The first-order chi connectivity index (χ1) is 10.1. The number of hydrogen-bond acceptors (Lipinski definition) is 1. The number of nitrogens with one attached hydrogen (secondary N) is 1. The molecular weight excluding hydrogens is 272 g/mol. The standard InChI is InChI=1S/C18H35N2Si/c1-20(2,17-18-11-7-6-8-12-18)15-14-19-13-9-4-3-5-10-16-21/h6-8,11-12,19H,3-5,9-10,13-17H2,1-2,21H3/q+1. The van der Waals surface area contributed by atoms with Gasteiger partial charge in [-0.3, -0.25) is 0 Å². The monoisotopic (exact) mass is 307 g/mol. The van der Waals surface area contributed by atoms with Crippen molar-refractivity contribution >= 4 is 10.2 Å². The molecule has 0 unspecified atom stereocenters. The van der Waals surface area contributed by atoms with Crippen molar-refractivity contribution in [3.63, 3.8) is 0 Å². The normalized spacial score (nSPS) is 11.9. The van der Waals surface area contributed by atoms with E-state index in [0.717, 1.165) is 17.6 Å². The lowest BCUT2D eigenvalue weighted by Crippen LogP contribution is -2.43. The van der Waals surface area contributed by atoms with E-state index in [4.69, 9.17) is 0 Å². The highest BCUT2D eigenvalue weighted by molar-refractivity contribution is 6.08. The first-order valence-corrected chi connectivity index (χ1v) is 10.1. The van der Waals surface area contributed by atoms with Crippen LogP contribution in [0.25, 0.3) is 0 Å². The fourth-order valence-electron chi connectivity index (χ4n) is 2.69. The Hall–Kier alpha value is -0.643. The van der Waals surface area contributed by atoms with Crippen LogP contribution >= 0.6 is 0 Å². The van der Waals surface area contributed by atoms with Gasteiger partial charge in [0, 0.05) is 22.4 Å². The largest absolute Gasteiger partial charge is 0.324 e. The van der Waals surface area contributed by atoms with Gasteiger partial charge in [0.15, 0.2) is 0 Å². The molecule has 0 aliphatic carbocycles. The van der Waals surface area contributed by atoms with E-state index in [-0.39, 0.29) is 0 Å². The fraction of sp³-hybridized carbons (Fsp3) is 0.667. The summed E-state index contributed by atoms with van der Waals surface area (Å²) in [7, 11) is 6.03. The Morgan fingerprint density at radius 3 is 2.29 bits per heavy atom. The first-order valence-electron chi connectivity index (χ1n) is 8.71. The van der Waals surface area contributed by atoms with Gasteiger partial charge < -0.3 is 9.80 Å². The van der Waals surface area contributed by atoms with E-state index >= 15 is 0 Å². The maximum Gasteiger partial charge on any atom is 0.104 e. The molecule has 0 bridgehead atoms. The topological polar surface area (TPSA) is 12.0 Å². The van der Waals surface area contributed by atoms with Gasteiger partial charge in [0.05, 0.1) is 20.6 Å². The van der Waals surface area contributed by atoms with Crippen molar-refractivity contribution in [3.05, 3.63) is 35.9 Å². The number of unbranched alkanes of at least 4 members (excludes halogenated alkanes) is 4. The molecule has 0 aliphatic rings. The molecule has 0 saturated heterocycles. The highest BCUT2D eigenvalue weighted by Crippen LogP contribution is 2.08. The average Bonchev–Trinajstić information content (AvgIpc) is 2.46. The second-order valence-corrected chi connectivity index (χ2v) is 7.82. The molecule has 0 spiro atoms. The van der Waals surface area contributed by atoms with Crippen LogP contribution in [0.15, 0.2) is 30.3 Å². The molecule has 21 heavy (non-hydrogen) atoms. The Kier molecular flexibility index (Phi) is 9.64. The molecule has 0 radical (unpaired) electrons. The summed E-state index contributed by atoms with van der Waals surface area (Å²) in [4.78, 5) is 0. The molecule has 0 aliphatic heterocycles. The summed E-state index contributed by atoms with van der Waals surface area (Å²) in [5.41, 5.74) is 1.43. The Morgan fingerprint density at radius 1 is 0.905 bits per heavy atom. The molecule has 0 saturated carbocycles. The second-order valence-electron chi connectivity index (χ2n) is 6.82. The molecule has 2 nitrogen and oxygen atoms in total. The van der Waals surface area contributed by atoms with E-state index in [9.17, 15) is 0 Å². The summed E-state index contributed by atoms with van der Waals surface area (Å²) in [5.74, 6) is 0. The molecule has 1 rings (SSSR count). The minimum atomic E-state index is 1.05. The summed E-state index contributed by atoms with van der Waals surface area (Å²) in [6.45, 7) is 4.62. The molecule has 1 aromatic rings. The molecule has 0 amide bonds. The van der Waals surface area contributed by atoms with E-state index in [1.165, 1.54) is 67.0 Å². The number of nitrogens with zero attached hydrogens (tertiary/aromatic N) is 1. The molecule has 120 valence electrons. The molecule has 3 heteroatoms. The van der Waals surface area contributed by atoms with Crippen LogP contribution in [0, 0.1) is 0 Å². The van der Waals surface area contributed by atoms with Gasteiger partial charge in [0.2, 0.25) is 0 Å². The summed E-state index contributed by atoms with van der Waals surface area (Å²) in [6.07, 6.45) is 7.08. The molecule has 0 heterocycles. The minimum Gasteiger partial charge on any atom is -0.324 e. The second kappa shape index (κ2) is 11.0. The smallest absolute Gasteiger partial charge is 0.104 e. The van der Waals surface area contributed by atoms with Crippen molar-refractivity contribution in [3.8, 4) is 0 Å². The number of rotatable bonds is 12. The van der Waals surface area contributed by atoms with Crippen LogP contribution in [-0.4, -0.2) is 48.5 Å². The summed E-state index contributed by atoms with van der Waals surface area (Å²) in [5, 5.41) is 3.61. The third-order valence-corrected chi connectivity index (χ3v) is 4.76. The van der Waals surface area contributed by atoms with Gasteiger partial charge in [-0.2, -0.15) is 0 Å². The summed E-state index contributed by atoms with van der Waals surface area (Å²) < 4.78 is 1.05. The Morgan fingerprint density at radius 2 is 1.57 bits per heavy atom. The number of quaternary nitrogens is 1. The zero-order valence-electron chi connectivity index (χ0n) is 14.4. The summed E-state index contributed by atoms with van der Waals surface area (Å²) in [6, 6.07) is 12.3. The highest BCUT2D eigenvalue weighted by atomic mass is 28.1. The fourth-order valence-corrected chi connectivity index (χ4v) is 3.19. The SMILES string of the molecule is C[N+](C)(CCNCCCCCCC[SiH3])Cc1ccccc1. The third kappa shape index (κ3) is 9.83. The van der Waals surface area contributed by atoms with Gasteiger partial charge in [-0.25, -0.2) is 0 Å². The van der Waals surface area contributed by atoms with E-state index in [1.807, 2.05) is 0 Å². The van der Waals surface area contributed by atoms with E-state index in [0.29, 0.717) is 0 Å². The molecular formula is C18H35N2Si+. The third-order valence-electron chi connectivity index (χ3n) is 4.05. The van der Waals surface area contributed by atoms with Crippen molar-refractivity contribution in [2.75, 3.05) is 33.7 Å². The van der Waals surface area contributed by atoms with Crippen LogP contribution in [0.3, 0.4) is 0 Å². The van der Waals surface area contributed by atoms with Crippen LogP contribution in [0.1, 0.15) is 37.7 Å². The number of benzene rings is 1. The van der Waals surface area contributed by atoms with E-state index < -0.39 is 0 Å². The Balaban J connectivity index is 2.03. The van der Waals surface area contributed by atoms with Gasteiger partial charge in [-0.05, 0) is 13.0 Å². The molecule has 0 atom stereocenters.